The fourth-order valence-corrected chi connectivity index (χ4v) is 7.37. The number of rotatable bonds is 3. The van der Waals surface area contributed by atoms with E-state index < -0.39 is 28.6 Å². The number of benzene rings is 1. The van der Waals surface area contributed by atoms with Crippen LogP contribution in [-0.2, 0) is 26.6 Å². The van der Waals surface area contributed by atoms with Crippen LogP contribution < -0.4 is 0 Å². The van der Waals surface area contributed by atoms with Gasteiger partial charge >= 0.3 is 5.97 Å². The van der Waals surface area contributed by atoms with Gasteiger partial charge < -0.3 is 9.30 Å². The molecule has 9 heteroatoms. The predicted molar refractivity (Wildman–Crippen MR) is 111 cm³/mol. The molecule has 1 fully saturated rings. The SMILES string of the molecule is Cc1c(C(=O)OCN2C(=O)C3=C(C4CCC3CC4)S2(=O)=O)n(C)c2ccc(Cl)cc12. The van der Waals surface area contributed by atoms with Gasteiger partial charge in [-0.3, -0.25) is 4.79 Å². The van der Waals surface area contributed by atoms with Crippen LogP contribution in [0.25, 0.3) is 10.9 Å². The lowest BCUT2D eigenvalue weighted by atomic mass is 9.71. The van der Waals surface area contributed by atoms with Crippen LogP contribution in [0, 0.1) is 18.8 Å². The summed E-state index contributed by atoms with van der Waals surface area (Å²) in [7, 11) is -2.20. The van der Waals surface area contributed by atoms with E-state index in [4.69, 9.17) is 16.3 Å². The molecule has 7 nitrogen and oxygen atoms in total. The van der Waals surface area contributed by atoms with E-state index in [9.17, 15) is 18.0 Å². The first-order valence-corrected chi connectivity index (χ1v) is 11.8. The van der Waals surface area contributed by atoms with Crippen molar-refractivity contribution in [1.82, 2.24) is 8.87 Å². The lowest BCUT2D eigenvalue weighted by Crippen LogP contribution is -2.35. The van der Waals surface area contributed by atoms with Crippen LogP contribution in [0.4, 0.5) is 0 Å². The quantitative estimate of drug-likeness (QED) is 0.671. The molecule has 4 aliphatic rings. The molecule has 0 N–H and O–H groups in total. The first-order valence-electron chi connectivity index (χ1n) is 9.94. The monoisotopic (exact) mass is 448 g/mol. The number of aromatic nitrogens is 1. The van der Waals surface area contributed by atoms with E-state index in [2.05, 4.69) is 0 Å². The van der Waals surface area contributed by atoms with Gasteiger partial charge in [0.05, 0.1) is 4.91 Å². The average Bonchev–Trinajstić information content (AvgIpc) is 3.09. The Bertz CT molecular complexity index is 1250. The Kier molecular flexibility index (Phi) is 4.31. The van der Waals surface area contributed by atoms with Gasteiger partial charge in [-0.15, -0.1) is 0 Å². The molecule has 1 aromatic heterocycles. The Morgan fingerprint density at radius 3 is 2.53 bits per heavy atom. The summed E-state index contributed by atoms with van der Waals surface area (Å²) < 4.78 is 33.8. The van der Waals surface area contributed by atoms with Crippen molar-refractivity contribution in [2.45, 2.75) is 32.6 Å². The number of fused-ring (bicyclic) bond motifs is 3. The Morgan fingerprint density at radius 1 is 1.20 bits per heavy atom. The van der Waals surface area contributed by atoms with Crippen LogP contribution in [0.2, 0.25) is 5.02 Å². The van der Waals surface area contributed by atoms with Crippen molar-refractivity contribution in [3.63, 3.8) is 0 Å². The van der Waals surface area contributed by atoms with E-state index in [1.165, 1.54) is 0 Å². The van der Waals surface area contributed by atoms with Gasteiger partial charge in [0.15, 0.2) is 6.73 Å². The third kappa shape index (κ3) is 2.59. The number of hydrogen-bond donors (Lipinski definition) is 0. The van der Waals surface area contributed by atoms with Crippen LogP contribution in [0.5, 0.6) is 0 Å². The Hall–Kier alpha value is -2.32. The van der Waals surface area contributed by atoms with E-state index >= 15 is 0 Å². The van der Waals surface area contributed by atoms with Crippen molar-refractivity contribution in [3.05, 3.63) is 45.0 Å². The second-order valence-electron chi connectivity index (χ2n) is 8.24. The number of aryl methyl sites for hydroxylation is 2. The summed E-state index contributed by atoms with van der Waals surface area (Å²) in [6.45, 7) is 1.17. The van der Waals surface area contributed by atoms with Crippen molar-refractivity contribution >= 4 is 44.4 Å². The molecular formula is C21H21ClN2O5S. The largest absolute Gasteiger partial charge is 0.438 e. The molecule has 6 rings (SSSR count). The van der Waals surface area contributed by atoms with Crippen molar-refractivity contribution in [3.8, 4) is 0 Å². The molecule has 0 unspecified atom stereocenters. The Labute approximate surface area is 179 Å². The van der Waals surface area contributed by atoms with Crippen LogP contribution in [0.1, 0.15) is 41.7 Å². The van der Waals surface area contributed by atoms with Gasteiger partial charge in [-0.2, -0.15) is 4.31 Å². The molecule has 0 atom stereocenters. The van der Waals surface area contributed by atoms with E-state index in [0.717, 1.165) is 40.9 Å². The van der Waals surface area contributed by atoms with Gasteiger partial charge in [-0.05, 0) is 68.2 Å². The molecule has 1 aliphatic heterocycles. The van der Waals surface area contributed by atoms with E-state index in [0.29, 0.717) is 21.9 Å². The van der Waals surface area contributed by atoms with E-state index in [1.807, 2.05) is 6.07 Å². The lowest BCUT2D eigenvalue weighted by molar-refractivity contribution is -0.125. The lowest BCUT2D eigenvalue weighted by Gasteiger charge is -2.34. The summed E-state index contributed by atoms with van der Waals surface area (Å²) >= 11 is 6.07. The predicted octanol–water partition coefficient (Wildman–Crippen LogP) is 3.50. The standard InChI is InChI=1S/C21H21ClN2O5S/c1-11-15-9-14(22)7-8-16(15)23(2)18(11)21(26)29-10-24-20(25)17-12-3-5-13(6-4-12)19(17)30(24,27)28/h7-9,12-13H,3-6,10H2,1-2H3. The molecule has 1 saturated carbocycles. The number of ether oxygens (including phenoxy) is 1. The minimum absolute atomic E-state index is 0.00172. The van der Waals surface area contributed by atoms with Crippen molar-refractivity contribution < 1.29 is 22.7 Å². The van der Waals surface area contributed by atoms with Gasteiger partial charge in [-0.25, -0.2) is 13.2 Å². The number of hydrogen-bond acceptors (Lipinski definition) is 5. The van der Waals surface area contributed by atoms with Crippen LogP contribution in [0.15, 0.2) is 28.7 Å². The summed E-state index contributed by atoms with van der Waals surface area (Å²) in [5, 5.41) is 1.37. The first kappa shape index (κ1) is 19.6. The Balaban J connectivity index is 1.42. The molecule has 0 saturated heterocycles. The molecule has 2 bridgehead atoms. The summed E-state index contributed by atoms with van der Waals surface area (Å²) in [5.74, 6) is -1.31. The van der Waals surface area contributed by atoms with Gasteiger partial charge in [0.2, 0.25) is 0 Å². The average molecular weight is 449 g/mol. The van der Waals surface area contributed by atoms with Gasteiger partial charge in [-0.1, -0.05) is 11.6 Å². The normalized spacial score (nSPS) is 24.6. The molecule has 1 aromatic carbocycles. The number of esters is 1. The van der Waals surface area contributed by atoms with E-state index in [1.54, 1.807) is 30.7 Å². The zero-order valence-electron chi connectivity index (χ0n) is 16.6. The molecule has 0 radical (unpaired) electrons. The summed E-state index contributed by atoms with van der Waals surface area (Å²) in [5.41, 5.74) is 2.21. The van der Waals surface area contributed by atoms with Crippen molar-refractivity contribution in [2.24, 2.45) is 18.9 Å². The van der Waals surface area contributed by atoms with Crippen molar-refractivity contribution in [1.29, 1.82) is 0 Å². The van der Waals surface area contributed by atoms with Crippen LogP contribution >= 0.6 is 11.6 Å². The second kappa shape index (κ2) is 6.59. The molecule has 2 aromatic rings. The minimum Gasteiger partial charge on any atom is -0.438 e. The number of carbonyl (C=O) groups excluding carboxylic acids is 2. The first-order chi connectivity index (χ1) is 14.2. The molecule has 1 amide bonds. The number of carbonyl (C=O) groups is 2. The van der Waals surface area contributed by atoms with Gasteiger partial charge in [0.1, 0.15) is 5.69 Å². The summed E-state index contributed by atoms with van der Waals surface area (Å²) in [6, 6.07) is 5.31. The molecule has 3 aliphatic carbocycles. The molecule has 2 heterocycles. The molecule has 158 valence electrons. The topological polar surface area (TPSA) is 85.7 Å². The molecular weight excluding hydrogens is 428 g/mol. The smallest absolute Gasteiger partial charge is 0.357 e. The maximum atomic E-state index is 13.0. The Morgan fingerprint density at radius 2 is 1.87 bits per heavy atom. The number of sulfonamides is 1. The van der Waals surface area contributed by atoms with Gasteiger partial charge in [0, 0.05) is 28.5 Å². The van der Waals surface area contributed by atoms with Crippen LogP contribution in [0.3, 0.4) is 0 Å². The third-order valence-electron chi connectivity index (χ3n) is 6.72. The highest BCUT2D eigenvalue weighted by Gasteiger charge is 2.53. The van der Waals surface area contributed by atoms with E-state index in [-0.39, 0.29) is 16.7 Å². The molecule has 30 heavy (non-hydrogen) atoms. The maximum Gasteiger partial charge on any atom is 0.357 e. The van der Waals surface area contributed by atoms with Crippen molar-refractivity contribution in [2.75, 3.05) is 6.73 Å². The summed E-state index contributed by atoms with van der Waals surface area (Å²) in [6.07, 6.45) is 3.27. The second-order valence-corrected chi connectivity index (χ2v) is 10.5. The summed E-state index contributed by atoms with van der Waals surface area (Å²) in [4.78, 5) is 26.0. The highest BCUT2D eigenvalue weighted by atomic mass is 35.5. The highest BCUT2D eigenvalue weighted by molar-refractivity contribution is 7.94. The minimum atomic E-state index is -3.93. The number of amides is 1. The van der Waals surface area contributed by atoms with Gasteiger partial charge in [0.25, 0.3) is 15.9 Å². The fourth-order valence-electron chi connectivity index (χ4n) is 5.26. The number of nitrogens with zero attached hydrogens (tertiary/aromatic N) is 2. The fraction of sp³-hybridized carbons (Fsp3) is 0.429. The maximum absolute atomic E-state index is 13.0. The van der Waals surface area contributed by atoms with Crippen LogP contribution in [-0.4, -0.2) is 35.9 Å². The zero-order chi connectivity index (χ0) is 21.4. The molecule has 0 spiro atoms. The third-order valence-corrected chi connectivity index (χ3v) is 8.91. The number of allylic oxidation sites excluding steroid dienone is 1. The number of halogens is 1. The highest BCUT2D eigenvalue weighted by Crippen LogP contribution is 2.51. The zero-order valence-corrected chi connectivity index (χ0v) is 18.2.